The third kappa shape index (κ3) is 7.69. The molecule has 2 N–H and O–H groups in total. The predicted octanol–water partition coefficient (Wildman–Crippen LogP) is 4.64. The molecule has 0 radical (unpaired) electrons. The van der Waals surface area contributed by atoms with E-state index in [1.165, 1.54) is 11.0 Å². The smallest absolute Gasteiger partial charge is 0.410 e. The Balaban J connectivity index is 1.37. The van der Waals surface area contributed by atoms with Gasteiger partial charge in [0.2, 0.25) is 5.91 Å². The van der Waals surface area contributed by atoms with Crippen LogP contribution in [0.1, 0.15) is 23.1 Å². The van der Waals surface area contributed by atoms with E-state index in [2.05, 4.69) is 53.6 Å². The fourth-order valence-electron chi connectivity index (χ4n) is 5.87. The Bertz CT molecular complexity index is 1320. The molecule has 0 bridgehead atoms. The number of hydrogen-bond acceptors (Lipinski definition) is 6. The molecule has 0 aliphatic carbocycles. The molecule has 2 aliphatic rings. The third-order valence-corrected chi connectivity index (χ3v) is 9.74. The number of benzene rings is 3. The van der Waals surface area contributed by atoms with Crippen LogP contribution in [-0.2, 0) is 19.0 Å². The normalized spacial score (nSPS) is 18.2. The monoisotopic (exact) mass is 628 g/mol. The van der Waals surface area contributed by atoms with Crippen molar-refractivity contribution < 1.29 is 23.9 Å². The number of nitrogens with one attached hydrogen (secondary N) is 2. The van der Waals surface area contributed by atoms with E-state index in [4.69, 9.17) is 9.47 Å². The van der Waals surface area contributed by atoms with Crippen LogP contribution < -0.4 is 10.6 Å². The Hall–Kier alpha value is -4.28. The number of rotatable bonds is 11. The number of ether oxygens (including phenoxy) is 2. The maximum atomic E-state index is 13.6. The van der Waals surface area contributed by atoms with Crippen molar-refractivity contribution in [2.75, 3.05) is 52.5 Å². The molecular formula is C35H40N4O5S. The molecule has 0 spiro atoms. The number of thioether (sulfide) groups is 1. The lowest BCUT2D eigenvalue weighted by molar-refractivity contribution is -0.125. The van der Waals surface area contributed by atoms with E-state index in [9.17, 15) is 14.4 Å². The Labute approximate surface area is 269 Å². The van der Waals surface area contributed by atoms with Crippen LogP contribution in [0.25, 0.3) is 0 Å². The van der Waals surface area contributed by atoms with Gasteiger partial charge in [-0.05, 0) is 23.1 Å². The van der Waals surface area contributed by atoms with Gasteiger partial charge in [-0.15, -0.1) is 11.8 Å². The summed E-state index contributed by atoms with van der Waals surface area (Å²) in [4.78, 5) is 42.5. The van der Waals surface area contributed by atoms with Gasteiger partial charge in [0.1, 0.15) is 12.6 Å². The van der Waals surface area contributed by atoms with Gasteiger partial charge >= 0.3 is 12.1 Å². The van der Waals surface area contributed by atoms with E-state index in [0.717, 1.165) is 16.7 Å². The molecule has 5 rings (SSSR count). The number of carbonyl (C=O) groups excluding carboxylic acids is 3. The van der Waals surface area contributed by atoms with E-state index in [-0.39, 0.29) is 36.9 Å². The molecule has 2 heterocycles. The quantitative estimate of drug-likeness (QED) is 0.183. The van der Waals surface area contributed by atoms with Gasteiger partial charge in [0, 0.05) is 38.0 Å². The van der Waals surface area contributed by atoms with E-state index in [1.54, 1.807) is 16.7 Å². The van der Waals surface area contributed by atoms with E-state index in [1.807, 2.05) is 54.6 Å². The number of hydrogen-bond donors (Lipinski definition) is 2. The third-order valence-electron chi connectivity index (χ3n) is 8.01. The van der Waals surface area contributed by atoms with Crippen molar-refractivity contribution in [1.29, 1.82) is 0 Å². The molecule has 2 saturated heterocycles. The number of morpholine rings is 1. The number of carbonyl (C=O) groups is 3. The summed E-state index contributed by atoms with van der Waals surface area (Å²) in [6, 6.07) is 30.1. The van der Waals surface area contributed by atoms with Crippen molar-refractivity contribution in [1.82, 2.24) is 20.4 Å². The SMILES string of the molecule is C=CCOC(=O)N1C[C@@H](SC(c2ccccc2)(c2ccccc2)c2ccccc2)C[C@H]1C(=O)NCCNC(=O)N1CCOCC1. The van der Waals surface area contributed by atoms with Crippen LogP contribution in [0, 0.1) is 0 Å². The van der Waals surface area contributed by atoms with Crippen molar-refractivity contribution in [2.24, 2.45) is 0 Å². The second kappa shape index (κ2) is 15.6. The zero-order chi connectivity index (χ0) is 31.5. The molecule has 2 atom stereocenters. The summed E-state index contributed by atoms with van der Waals surface area (Å²) < 4.78 is 10.1. The molecule has 45 heavy (non-hydrogen) atoms. The van der Waals surface area contributed by atoms with Crippen LogP contribution >= 0.6 is 11.8 Å². The summed E-state index contributed by atoms with van der Waals surface area (Å²) in [5.74, 6) is -0.279. The van der Waals surface area contributed by atoms with Gasteiger partial charge in [-0.25, -0.2) is 9.59 Å². The lowest BCUT2D eigenvalue weighted by Crippen LogP contribution is -2.49. The molecule has 236 valence electrons. The van der Waals surface area contributed by atoms with E-state index in [0.29, 0.717) is 39.3 Å². The van der Waals surface area contributed by atoms with Crippen molar-refractivity contribution in [3.63, 3.8) is 0 Å². The zero-order valence-corrected chi connectivity index (χ0v) is 26.1. The molecule has 10 heteroatoms. The first-order valence-electron chi connectivity index (χ1n) is 15.3. The van der Waals surface area contributed by atoms with Crippen LogP contribution in [0.5, 0.6) is 0 Å². The summed E-state index contributed by atoms with van der Waals surface area (Å²) in [6.07, 6.45) is 1.40. The summed E-state index contributed by atoms with van der Waals surface area (Å²) in [7, 11) is 0. The predicted molar refractivity (Wildman–Crippen MR) is 176 cm³/mol. The van der Waals surface area contributed by atoms with Gasteiger partial charge in [-0.2, -0.15) is 0 Å². The van der Waals surface area contributed by atoms with Crippen LogP contribution in [0.15, 0.2) is 104 Å². The number of urea groups is 1. The minimum atomic E-state index is -0.727. The second-order valence-electron chi connectivity index (χ2n) is 10.9. The first-order valence-corrected chi connectivity index (χ1v) is 16.2. The summed E-state index contributed by atoms with van der Waals surface area (Å²) in [6.45, 7) is 6.66. The highest BCUT2D eigenvalue weighted by atomic mass is 32.2. The van der Waals surface area contributed by atoms with E-state index >= 15 is 0 Å². The number of amides is 4. The lowest BCUT2D eigenvalue weighted by Gasteiger charge is -2.37. The number of nitrogens with zero attached hydrogens (tertiary/aromatic N) is 2. The highest BCUT2D eigenvalue weighted by molar-refractivity contribution is 8.01. The fourth-order valence-corrected chi connectivity index (χ4v) is 7.70. The van der Waals surface area contributed by atoms with Gasteiger partial charge in [0.15, 0.2) is 0 Å². The van der Waals surface area contributed by atoms with Crippen molar-refractivity contribution >= 4 is 29.8 Å². The van der Waals surface area contributed by atoms with Gasteiger partial charge in [0.05, 0.1) is 18.0 Å². The number of likely N-dealkylation sites (tertiary alicyclic amines) is 1. The Kier molecular flexibility index (Phi) is 11.2. The molecule has 3 aromatic carbocycles. The molecule has 0 saturated carbocycles. The van der Waals surface area contributed by atoms with Crippen LogP contribution in [0.4, 0.5) is 9.59 Å². The molecule has 0 unspecified atom stereocenters. The van der Waals surface area contributed by atoms with Gasteiger partial charge in [0.25, 0.3) is 0 Å². The molecule has 0 aromatic heterocycles. The Morgan fingerprint density at radius 1 is 0.867 bits per heavy atom. The Morgan fingerprint density at radius 2 is 1.40 bits per heavy atom. The summed E-state index contributed by atoms with van der Waals surface area (Å²) in [5.41, 5.74) is 3.33. The van der Waals surface area contributed by atoms with Gasteiger partial charge < -0.3 is 25.0 Å². The Morgan fingerprint density at radius 3 is 1.93 bits per heavy atom. The summed E-state index contributed by atoms with van der Waals surface area (Å²) >= 11 is 1.75. The molecule has 2 aliphatic heterocycles. The van der Waals surface area contributed by atoms with Crippen LogP contribution in [0.2, 0.25) is 0 Å². The molecule has 9 nitrogen and oxygen atoms in total. The molecule has 3 aromatic rings. The van der Waals surface area contributed by atoms with Crippen LogP contribution in [0.3, 0.4) is 0 Å². The molecule has 4 amide bonds. The highest BCUT2D eigenvalue weighted by Gasteiger charge is 2.46. The topological polar surface area (TPSA) is 100 Å². The fraction of sp³-hybridized carbons (Fsp3) is 0.343. The maximum absolute atomic E-state index is 13.6. The van der Waals surface area contributed by atoms with Crippen molar-refractivity contribution in [3.8, 4) is 0 Å². The second-order valence-corrected chi connectivity index (χ2v) is 12.4. The minimum absolute atomic E-state index is 0.0526. The first kappa shape index (κ1) is 32.1. The van der Waals surface area contributed by atoms with Crippen molar-refractivity contribution in [2.45, 2.75) is 22.5 Å². The maximum Gasteiger partial charge on any atom is 0.410 e. The largest absolute Gasteiger partial charge is 0.445 e. The average molecular weight is 629 g/mol. The summed E-state index contributed by atoms with van der Waals surface area (Å²) in [5, 5.41) is 5.68. The molecule has 2 fully saturated rings. The lowest BCUT2D eigenvalue weighted by atomic mass is 9.84. The average Bonchev–Trinajstić information content (AvgIpc) is 3.53. The van der Waals surface area contributed by atoms with Crippen LogP contribution in [-0.4, -0.2) is 91.7 Å². The van der Waals surface area contributed by atoms with Crippen molar-refractivity contribution in [3.05, 3.63) is 120 Å². The standard InChI is InChI=1S/C35H40N4O5S/c1-2-22-44-34(42)39-26-30(25-31(39)32(40)36-18-19-37-33(41)38-20-23-43-24-21-38)45-35(27-12-6-3-7-13-27,28-14-8-4-9-15-28)29-16-10-5-11-17-29/h2-17,30-31H,1,18-26H2,(H,36,40)(H,37,41)/t30-,31-/m0/s1. The minimum Gasteiger partial charge on any atom is -0.445 e. The zero-order valence-electron chi connectivity index (χ0n) is 25.3. The van der Waals surface area contributed by atoms with E-state index < -0.39 is 16.9 Å². The first-order chi connectivity index (χ1) is 22.0. The van der Waals surface area contributed by atoms with Gasteiger partial charge in [-0.1, -0.05) is 104 Å². The van der Waals surface area contributed by atoms with Gasteiger partial charge in [-0.3, -0.25) is 9.69 Å². The highest BCUT2D eigenvalue weighted by Crippen LogP contribution is 2.52. The molecular weight excluding hydrogens is 588 g/mol.